The van der Waals surface area contributed by atoms with Crippen molar-refractivity contribution in [1.29, 1.82) is 0 Å². The molecule has 0 amide bonds. The lowest BCUT2D eigenvalue weighted by atomic mass is 9.67. The zero-order valence-corrected chi connectivity index (χ0v) is 13.4. The molecular weight excluding hydrogens is 258 g/mol. The maximum absolute atomic E-state index is 10.9. The van der Waals surface area contributed by atoms with Crippen LogP contribution < -0.4 is 5.32 Å². The van der Waals surface area contributed by atoms with Gasteiger partial charge in [0, 0.05) is 12.0 Å². The number of nitrogens with one attached hydrogen (secondary N) is 1. The summed E-state index contributed by atoms with van der Waals surface area (Å²) in [5, 5.41) is 14.6. The Labute approximate surface area is 129 Å². The summed E-state index contributed by atoms with van der Waals surface area (Å²) in [4.78, 5) is 0. The second-order valence-electron chi connectivity index (χ2n) is 7.37. The highest BCUT2D eigenvalue weighted by molar-refractivity contribution is 5.25. The first-order valence-electron chi connectivity index (χ1n) is 8.63. The van der Waals surface area contributed by atoms with Crippen LogP contribution in [0, 0.1) is 5.92 Å². The number of fused-ring (bicyclic) bond motifs is 1. The quantitative estimate of drug-likeness (QED) is 0.889. The van der Waals surface area contributed by atoms with Crippen molar-refractivity contribution in [3.05, 3.63) is 35.4 Å². The van der Waals surface area contributed by atoms with Crippen LogP contribution in [0.4, 0.5) is 0 Å². The van der Waals surface area contributed by atoms with Crippen LogP contribution in [0.5, 0.6) is 0 Å². The third-order valence-electron chi connectivity index (χ3n) is 5.62. The molecule has 1 aliphatic heterocycles. The van der Waals surface area contributed by atoms with E-state index in [-0.39, 0.29) is 0 Å². The molecular formula is C19H29NO. The van der Waals surface area contributed by atoms with E-state index in [9.17, 15) is 5.11 Å². The van der Waals surface area contributed by atoms with Gasteiger partial charge in [-0.1, -0.05) is 51.0 Å². The number of rotatable bonds is 3. The molecule has 1 aliphatic carbocycles. The number of benzene rings is 1. The highest BCUT2D eigenvalue weighted by atomic mass is 16.3. The summed E-state index contributed by atoms with van der Waals surface area (Å²) in [6, 6.07) is 9.50. The number of hydrogen-bond acceptors (Lipinski definition) is 2. The van der Waals surface area contributed by atoms with E-state index in [1.807, 2.05) is 0 Å². The minimum Gasteiger partial charge on any atom is -0.389 e. The van der Waals surface area contributed by atoms with E-state index in [0.717, 1.165) is 25.8 Å². The minimum atomic E-state index is -0.397. The number of piperidine rings is 1. The molecule has 1 aromatic carbocycles. The molecule has 1 saturated heterocycles. The van der Waals surface area contributed by atoms with Crippen molar-refractivity contribution >= 4 is 0 Å². The molecule has 2 heteroatoms. The van der Waals surface area contributed by atoms with Gasteiger partial charge in [0.2, 0.25) is 0 Å². The van der Waals surface area contributed by atoms with E-state index in [1.165, 1.54) is 30.4 Å². The topological polar surface area (TPSA) is 32.3 Å². The largest absolute Gasteiger partial charge is 0.389 e. The fourth-order valence-corrected chi connectivity index (χ4v) is 4.26. The van der Waals surface area contributed by atoms with Crippen LogP contribution in [0.25, 0.3) is 0 Å². The van der Waals surface area contributed by atoms with E-state index in [0.29, 0.717) is 17.9 Å². The van der Waals surface area contributed by atoms with Gasteiger partial charge < -0.3 is 10.4 Å². The van der Waals surface area contributed by atoms with Crippen LogP contribution in [0.2, 0.25) is 0 Å². The molecule has 2 fully saturated rings. The molecule has 1 heterocycles. The molecule has 0 radical (unpaired) electrons. The maximum atomic E-state index is 10.9. The van der Waals surface area contributed by atoms with Crippen LogP contribution in [0.1, 0.15) is 63.0 Å². The van der Waals surface area contributed by atoms with Crippen molar-refractivity contribution in [2.45, 2.75) is 69.9 Å². The van der Waals surface area contributed by atoms with Crippen molar-refractivity contribution in [1.82, 2.24) is 5.32 Å². The summed E-state index contributed by atoms with van der Waals surface area (Å²) in [5.74, 6) is 1.03. The third-order valence-corrected chi connectivity index (χ3v) is 5.62. The Kier molecular flexibility index (Phi) is 4.37. The standard InChI is InChI=1S/C19H29NO/c1-14(2)16-8-6-15(7-9-16)13-18-17-5-3-4-10-19(17,21)11-12-20-18/h6-9,14,17-18,20-21H,3-5,10-13H2,1-2H3. The summed E-state index contributed by atoms with van der Waals surface area (Å²) in [6.07, 6.45) is 6.63. The Morgan fingerprint density at radius 1 is 1.19 bits per heavy atom. The average Bonchev–Trinajstić information content (AvgIpc) is 2.47. The van der Waals surface area contributed by atoms with E-state index in [4.69, 9.17) is 0 Å². The van der Waals surface area contributed by atoms with E-state index < -0.39 is 5.60 Å². The fourth-order valence-electron chi connectivity index (χ4n) is 4.26. The number of hydrogen-bond donors (Lipinski definition) is 2. The summed E-state index contributed by atoms with van der Waals surface area (Å²) in [5.41, 5.74) is 2.41. The van der Waals surface area contributed by atoms with Crippen LogP contribution in [-0.4, -0.2) is 23.3 Å². The molecule has 1 aromatic rings. The lowest BCUT2D eigenvalue weighted by Crippen LogP contribution is -2.58. The molecule has 2 aliphatic rings. The zero-order valence-electron chi connectivity index (χ0n) is 13.4. The molecule has 0 spiro atoms. The van der Waals surface area contributed by atoms with Crippen LogP contribution >= 0.6 is 0 Å². The van der Waals surface area contributed by atoms with Gasteiger partial charge in [-0.05, 0) is 49.3 Å². The van der Waals surface area contributed by atoms with Gasteiger partial charge in [0.25, 0.3) is 0 Å². The Balaban J connectivity index is 1.71. The molecule has 3 atom stereocenters. The van der Waals surface area contributed by atoms with Crippen molar-refractivity contribution in [2.75, 3.05) is 6.54 Å². The summed E-state index contributed by atoms with van der Waals surface area (Å²) < 4.78 is 0. The Hall–Kier alpha value is -0.860. The van der Waals surface area contributed by atoms with Gasteiger partial charge in [-0.3, -0.25) is 0 Å². The van der Waals surface area contributed by atoms with E-state index in [2.05, 4.69) is 43.4 Å². The smallest absolute Gasteiger partial charge is 0.0702 e. The first-order valence-corrected chi connectivity index (χ1v) is 8.63. The second-order valence-corrected chi connectivity index (χ2v) is 7.37. The van der Waals surface area contributed by atoms with Gasteiger partial charge >= 0.3 is 0 Å². The van der Waals surface area contributed by atoms with Gasteiger partial charge in [-0.2, -0.15) is 0 Å². The Bertz CT molecular complexity index is 463. The molecule has 2 nitrogen and oxygen atoms in total. The molecule has 1 saturated carbocycles. The summed E-state index contributed by atoms with van der Waals surface area (Å²) >= 11 is 0. The highest BCUT2D eigenvalue weighted by Gasteiger charge is 2.45. The molecule has 2 N–H and O–H groups in total. The molecule has 0 bridgehead atoms. The van der Waals surface area contributed by atoms with Gasteiger partial charge in [-0.25, -0.2) is 0 Å². The summed E-state index contributed by atoms with van der Waals surface area (Å²) in [7, 11) is 0. The first-order chi connectivity index (χ1) is 10.1. The lowest BCUT2D eigenvalue weighted by molar-refractivity contribution is -0.0850. The van der Waals surface area contributed by atoms with E-state index >= 15 is 0 Å². The van der Waals surface area contributed by atoms with Crippen LogP contribution in [-0.2, 0) is 6.42 Å². The molecule has 3 rings (SSSR count). The Morgan fingerprint density at radius 3 is 2.67 bits per heavy atom. The van der Waals surface area contributed by atoms with Gasteiger partial charge in [0.05, 0.1) is 5.60 Å². The third kappa shape index (κ3) is 3.17. The highest BCUT2D eigenvalue weighted by Crippen LogP contribution is 2.41. The van der Waals surface area contributed by atoms with Gasteiger partial charge in [0.15, 0.2) is 0 Å². The summed E-state index contributed by atoms with van der Waals surface area (Å²) in [6.45, 7) is 5.43. The minimum absolute atomic E-state index is 0.397. The predicted molar refractivity (Wildman–Crippen MR) is 87.6 cm³/mol. The molecule has 3 unspecified atom stereocenters. The molecule has 116 valence electrons. The second kappa shape index (κ2) is 6.10. The van der Waals surface area contributed by atoms with Crippen LogP contribution in [0.15, 0.2) is 24.3 Å². The van der Waals surface area contributed by atoms with Crippen molar-refractivity contribution < 1.29 is 5.11 Å². The van der Waals surface area contributed by atoms with Crippen molar-refractivity contribution in [3.8, 4) is 0 Å². The molecule has 21 heavy (non-hydrogen) atoms. The van der Waals surface area contributed by atoms with Crippen LogP contribution in [0.3, 0.4) is 0 Å². The van der Waals surface area contributed by atoms with Gasteiger partial charge in [0.1, 0.15) is 0 Å². The zero-order chi connectivity index (χ0) is 14.9. The fraction of sp³-hybridized carbons (Fsp3) is 0.684. The Morgan fingerprint density at radius 2 is 1.95 bits per heavy atom. The molecule has 0 aromatic heterocycles. The first kappa shape index (κ1) is 15.1. The maximum Gasteiger partial charge on any atom is 0.0702 e. The normalized spacial score (nSPS) is 33.0. The number of aliphatic hydroxyl groups is 1. The van der Waals surface area contributed by atoms with Crippen molar-refractivity contribution in [2.24, 2.45) is 5.92 Å². The predicted octanol–water partition coefficient (Wildman–Crippen LogP) is 3.64. The van der Waals surface area contributed by atoms with Crippen molar-refractivity contribution in [3.63, 3.8) is 0 Å². The lowest BCUT2D eigenvalue weighted by Gasteiger charge is -2.48. The average molecular weight is 287 g/mol. The SMILES string of the molecule is CC(C)c1ccc(CC2NCCC3(O)CCCCC23)cc1. The van der Waals surface area contributed by atoms with Gasteiger partial charge in [-0.15, -0.1) is 0 Å². The monoisotopic (exact) mass is 287 g/mol. The van der Waals surface area contributed by atoms with E-state index in [1.54, 1.807) is 0 Å².